The van der Waals surface area contributed by atoms with Gasteiger partial charge in [0, 0.05) is 32.7 Å². The third-order valence-electron chi connectivity index (χ3n) is 4.11. The lowest BCUT2D eigenvalue weighted by molar-refractivity contribution is -0.151. The first-order valence-electron chi connectivity index (χ1n) is 7.58. The van der Waals surface area contributed by atoms with Gasteiger partial charge in [-0.15, -0.1) is 0 Å². The largest absolute Gasteiger partial charge is 0.481 e. The summed E-state index contributed by atoms with van der Waals surface area (Å²) >= 11 is 0. The topological polar surface area (TPSA) is 60.9 Å². The number of rotatable bonds is 4. The minimum Gasteiger partial charge on any atom is -0.481 e. The highest BCUT2D eigenvalue weighted by molar-refractivity contribution is 5.96. The predicted octanol–water partition coefficient (Wildman–Crippen LogP) is 2.07. The first-order valence-corrected chi connectivity index (χ1v) is 7.58. The van der Waals surface area contributed by atoms with Crippen LogP contribution in [0.2, 0.25) is 0 Å². The number of carboxylic acids is 1. The number of nitrogens with zero attached hydrogens (tertiary/aromatic N) is 2. The lowest BCUT2D eigenvalue weighted by atomic mass is 10.1. The third-order valence-corrected chi connectivity index (χ3v) is 4.11. The summed E-state index contributed by atoms with van der Waals surface area (Å²) in [6.07, 6.45) is -4.34. The molecule has 0 aliphatic carbocycles. The average Bonchev–Trinajstić information content (AvgIpc) is 2.54. The molecule has 8 heteroatoms. The number of piperazine rings is 1. The van der Waals surface area contributed by atoms with Gasteiger partial charge < -0.3 is 10.0 Å². The van der Waals surface area contributed by atoms with Crippen LogP contribution in [0.5, 0.6) is 0 Å². The summed E-state index contributed by atoms with van der Waals surface area (Å²) in [5, 5.41) is 8.87. The molecule has 1 aromatic carbocycles. The zero-order chi connectivity index (χ0) is 17.9. The minimum absolute atomic E-state index is 0.406. The van der Waals surface area contributed by atoms with Gasteiger partial charge in [0.15, 0.2) is 0 Å². The van der Waals surface area contributed by atoms with Crippen molar-refractivity contribution in [3.63, 3.8) is 0 Å². The number of hydrogen-bond donors (Lipinski definition) is 1. The normalized spacial score (nSPS) is 17.6. The lowest BCUT2D eigenvalue weighted by Crippen LogP contribution is -2.50. The fourth-order valence-corrected chi connectivity index (χ4v) is 2.56. The predicted molar refractivity (Wildman–Crippen MR) is 80.1 cm³/mol. The van der Waals surface area contributed by atoms with Crippen molar-refractivity contribution in [2.75, 3.05) is 26.2 Å². The van der Waals surface area contributed by atoms with E-state index in [0.717, 1.165) is 17.7 Å². The van der Waals surface area contributed by atoms with E-state index < -0.39 is 29.5 Å². The highest BCUT2D eigenvalue weighted by atomic mass is 19.4. The molecule has 132 valence electrons. The number of carbonyl (C=O) groups is 2. The Bertz CT molecular complexity index is 594. The van der Waals surface area contributed by atoms with Crippen LogP contribution in [-0.4, -0.2) is 53.0 Å². The molecule has 1 aliphatic heterocycles. The molecule has 1 heterocycles. The summed E-state index contributed by atoms with van der Waals surface area (Å²) in [7, 11) is 0. The maximum absolute atomic E-state index is 12.5. The van der Waals surface area contributed by atoms with Crippen molar-refractivity contribution in [3.8, 4) is 0 Å². The number of aliphatic carboxylic acids is 1. The van der Waals surface area contributed by atoms with E-state index in [-0.39, 0.29) is 0 Å². The fourth-order valence-electron chi connectivity index (χ4n) is 2.56. The van der Waals surface area contributed by atoms with Crippen LogP contribution < -0.4 is 0 Å². The summed E-state index contributed by atoms with van der Waals surface area (Å²) in [4.78, 5) is 26.3. The zero-order valence-electron chi connectivity index (χ0n) is 13.2. The van der Waals surface area contributed by atoms with Crippen LogP contribution in [0.1, 0.15) is 18.1 Å². The van der Waals surface area contributed by atoms with Gasteiger partial charge in [0.05, 0.1) is 5.56 Å². The Kier molecular flexibility index (Phi) is 5.48. The first-order chi connectivity index (χ1) is 11.2. The Balaban J connectivity index is 1.87. The number of hydrogen-bond acceptors (Lipinski definition) is 3. The van der Waals surface area contributed by atoms with Crippen molar-refractivity contribution >= 4 is 11.9 Å². The van der Waals surface area contributed by atoms with E-state index in [1.165, 1.54) is 24.0 Å². The summed E-state index contributed by atoms with van der Waals surface area (Å²) in [6.45, 7) is 3.79. The standard InChI is InChI=1S/C16H19F3N2O3/c1-11(15(23)24)14(22)21-8-6-20(7-9-21)10-12-2-4-13(5-3-12)16(17,18)19/h2-5,11H,6-10H2,1H3,(H,23,24). The number of halogens is 3. The van der Waals surface area contributed by atoms with Gasteiger partial charge in [-0.1, -0.05) is 12.1 Å². The van der Waals surface area contributed by atoms with Gasteiger partial charge in [-0.2, -0.15) is 13.2 Å². The van der Waals surface area contributed by atoms with E-state index in [1.54, 1.807) is 0 Å². The Hall–Kier alpha value is -2.09. The quantitative estimate of drug-likeness (QED) is 0.850. The van der Waals surface area contributed by atoms with Crippen molar-refractivity contribution in [1.82, 2.24) is 9.80 Å². The summed E-state index contributed by atoms with van der Waals surface area (Å²) in [5.41, 5.74) is 0.0889. The maximum Gasteiger partial charge on any atom is 0.416 e. The molecule has 1 saturated heterocycles. The van der Waals surface area contributed by atoms with E-state index in [1.807, 2.05) is 4.90 Å². The Morgan fingerprint density at radius 3 is 2.12 bits per heavy atom. The number of benzene rings is 1. The van der Waals surface area contributed by atoms with Crippen molar-refractivity contribution in [1.29, 1.82) is 0 Å². The minimum atomic E-state index is -4.34. The van der Waals surface area contributed by atoms with Crippen molar-refractivity contribution in [3.05, 3.63) is 35.4 Å². The second-order valence-corrected chi connectivity index (χ2v) is 5.86. The number of carboxylic acid groups (broad SMARTS) is 1. The Labute approximate surface area is 137 Å². The van der Waals surface area contributed by atoms with Gasteiger partial charge in [-0.25, -0.2) is 0 Å². The highest BCUT2D eigenvalue weighted by Crippen LogP contribution is 2.29. The molecule has 0 aromatic heterocycles. The molecule has 1 amide bonds. The third kappa shape index (κ3) is 4.47. The van der Waals surface area contributed by atoms with Gasteiger partial charge in [0.2, 0.25) is 5.91 Å². The van der Waals surface area contributed by atoms with Crippen LogP contribution in [0.3, 0.4) is 0 Å². The molecule has 0 saturated carbocycles. The molecule has 1 N–H and O–H groups in total. The molecule has 5 nitrogen and oxygen atoms in total. The number of carbonyl (C=O) groups excluding carboxylic acids is 1. The second kappa shape index (κ2) is 7.21. The van der Waals surface area contributed by atoms with E-state index >= 15 is 0 Å². The molecule has 1 aliphatic rings. The van der Waals surface area contributed by atoms with Crippen LogP contribution in [-0.2, 0) is 22.3 Å². The number of amides is 1. The molecule has 2 rings (SSSR count). The molecular formula is C16H19F3N2O3. The molecule has 0 radical (unpaired) electrons. The average molecular weight is 344 g/mol. The van der Waals surface area contributed by atoms with E-state index in [0.29, 0.717) is 32.7 Å². The molecule has 24 heavy (non-hydrogen) atoms. The fraction of sp³-hybridized carbons (Fsp3) is 0.500. The molecule has 0 spiro atoms. The van der Waals surface area contributed by atoms with Gasteiger partial charge in [0.1, 0.15) is 5.92 Å². The van der Waals surface area contributed by atoms with Gasteiger partial charge in [-0.05, 0) is 24.6 Å². The SMILES string of the molecule is CC(C(=O)O)C(=O)N1CCN(Cc2ccc(C(F)(F)F)cc2)CC1. The highest BCUT2D eigenvalue weighted by Gasteiger charge is 2.30. The van der Waals surface area contributed by atoms with Crippen LogP contribution in [0.4, 0.5) is 13.2 Å². The Morgan fingerprint density at radius 2 is 1.67 bits per heavy atom. The van der Waals surface area contributed by atoms with E-state index in [9.17, 15) is 22.8 Å². The summed E-state index contributed by atoms with van der Waals surface area (Å²) in [6, 6.07) is 5.02. The van der Waals surface area contributed by atoms with Crippen molar-refractivity contribution < 1.29 is 27.9 Å². The van der Waals surface area contributed by atoms with Gasteiger partial charge in [0.25, 0.3) is 0 Å². The molecule has 1 unspecified atom stereocenters. The van der Waals surface area contributed by atoms with Crippen LogP contribution in [0.25, 0.3) is 0 Å². The van der Waals surface area contributed by atoms with Crippen molar-refractivity contribution in [2.45, 2.75) is 19.6 Å². The summed E-state index contributed by atoms with van der Waals surface area (Å²) < 4.78 is 37.6. The maximum atomic E-state index is 12.5. The molecule has 0 bridgehead atoms. The van der Waals surface area contributed by atoms with Crippen LogP contribution in [0, 0.1) is 5.92 Å². The second-order valence-electron chi connectivity index (χ2n) is 5.86. The molecule has 1 atom stereocenters. The number of alkyl halides is 3. The van der Waals surface area contributed by atoms with Crippen molar-refractivity contribution in [2.24, 2.45) is 5.92 Å². The van der Waals surface area contributed by atoms with Crippen LogP contribution >= 0.6 is 0 Å². The zero-order valence-corrected chi connectivity index (χ0v) is 13.2. The molecule has 1 fully saturated rings. The molecule has 1 aromatic rings. The van der Waals surface area contributed by atoms with E-state index in [4.69, 9.17) is 5.11 Å². The first kappa shape index (κ1) is 18.3. The monoisotopic (exact) mass is 344 g/mol. The van der Waals surface area contributed by atoms with E-state index in [2.05, 4.69) is 0 Å². The molecular weight excluding hydrogens is 325 g/mol. The van der Waals surface area contributed by atoms with Crippen LogP contribution in [0.15, 0.2) is 24.3 Å². The smallest absolute Gasteiger partial charge is 0.416 e. The summed E-state index contributed by atoms with van der Waals surface area (Å²) in [5.74, 6) is -2.62. The Morgan fingerprint density at radius 1 is 1.12 bits per heavy atom. The van der Waals surface area contributed by atoms with Gasteiger partial charge >= 0.3 is 12.1 Å². The lowest BCUT2D eigenvalue weighted by Gasteiger charge is -2.35. The van der Waals surface area contributed by atoms with Gasteiger partial charge in [-0.3, -0.25) is 14.5 Å².